The lowest BCUT2D eigenvalue weighted by molar-refractivity contribution is -0.132. The molecule has 2 aliphatic rings. The van der Waals surface area contributed by atoms with Gasteiger partial charge in [-0.3, -0.25) is 19.7 Å². The molecule has 5 rings (SSSR count). The van der Waals surface area contributed by atoms with Crippen LogP contribution in [0.15, 0.2) is 36.7 Å². The quantitative estimate of drug-likeness (QED) is 0.336. The van der Waals surface area contributed by atoms with Gasteiger partial charge in [0.2, 0.25) is 5.91 Å². The number of nitrogens with zero attached hydrogens (tertiary/aromatic N) is 5. The van der Waals surface area contributed by atoms with Crippen molar-refractivity contribution in [1.82, 2.24) is 24.4 Å². The second-order valence-electron chi connectivity index (χ2n) is 10.5. The summed E-state index contributed by atoms with van der Waals surface area (Å²) in [7, 11) is 0. The summed E-state index contributed by atoms with van der Waals surface area (Å²) in [4.78, 5) is 32.8. The minimum Gasteiger partial charge on any atom is -0.388 e. The number of hydroxylamine groups is 2. The Morgan fingerprint density at radius 3 is 2.56 bits per heavy atom. The maximum atomic E-state index is 14.5. The third-order valence-corrected chi connectivity index (χ3v) is 7.80. The number of amides is 2. The number of piperidine rings is 1. The third kappa shape index (κ3) is 5.80. The molecule has 0 bridgehead atoms. The molecule has 0 atom stereocenters. The van der Waals surface area contributed by atoms with Gasteiger partial charge in [-0.2, -0.15) is 0 Å². The van der Waals surface area contributed by atoms with E-state index in [1.165, 1.54) is 18.3 Å². The lowest BCUT2D eigenvalue weighted by atomic mass is 9.90. The number of benzene rings is 1. The summed E-state index contributed by atoms with van der Waals surface area (Å²) in [5.74, 6) is -1.83. The maximum absolute atomic E-state index is 14.5. The van der Waals surface area contributed by atoms with Crippen molar-refractivity contribution in [1.29, 1.82) is 0 Å². The number of β-amino-alcohol motifs (C(OH)–C–C–N with tert-alkyl or cyclic N) is 1. The van der Waals surface area contributed by atoms with Gasteiger partial charge in [0.1, 0.15) is 17.3 Å². The fourth-order valence-corrected chi connectivity index (χ4v) is 5.50. The first-order valence-corrected chi connectivity index (χ1v) is 13.3. The molecule has 9 nitrogen and oxygen atoms in total. The van der Waals surface area contributed by atoms with Crippen molar-refractivity contribution < 1.29 is 28.7 Å². The van der Waals surface area contributed by atoms with Crippen LogP contribution in [-0.2, 0) is 17.9 Å². The molecule has 4 heterocycles. The lowest BCUT2D eigenvalue weighted by Gasteiger charge is -2.40. The standard InChI is InChI=1S/C28H33F2N5O4/c1-2-35(39)27(37)24-13-22-20(15-32-10-7-28(38,8-11-32)18-33-9-3-4-26(33)36)17-34(25(22)14-31-24)16-19-5-6-21(29)12-23(19)30/h5-6,12-14,17,38-39H,2-4,7-11,15-16,18H2,1H3. The van der Waals surface area contributed by atoms with E-state index in [0.717, 1.165) is 23.4 Å². The Kier molecular flexibility index (Phi) is 7.66. The third-order valence-electron chi connectivity index (χ3n) is 7.80. The van der Waals surface area contributed by atoms with Gasteiger partial charge in [0.05, 0.1) is 23.9 Å². The number of pyridine rings is 1. The number of fused-ring (bicyclic) bond motifs is 1. The van der Waals surface area contributed by atoms with E-state index in [2.05, 4.69) is 9.88 Å². The van der Waals surface area contributed by atoms with Crippen LogP contribution in [0.4, 0.5) is 8.78 Å². The van der Waals surface area contributed by atoms with Crippen molar-refractivity contribution in [3.8, 4) is 0 Å². The van der Waals surface area contributed by atoms with E-state index in [-0.39, 0.29) is 24.7 Å². The molecule has 0 aliphatic carbocycles. The van der Waals surface area contributed by atoms with E-state index in [1.54, 1.807) is 17.9 Å². The molecule has 0 unspecified atom stereocenters. The van der Waals surface area contributed by atoms with Crippen molar-refractivity contribution in [2.24, 2.45) is 0 Å². The zero-order valence-electron chi connectivity index (χ0n) is 21.9. The molecular weight excluding hydrogens is 508 g/mol. The fourth-order valence-electron chi connectivity index (χ4n) is 5.50. The van der Waals surface area contributed by atoms with E-state index in [9.17, 15) is 28.7 Å². The van der Waals surface area contributed by atoms with Gasteiger partial charge < -0.3 is 14.6 Å². The SMILES string of the molecule is CCN(O)C(=O)c1cc2c(CN3CCC(O)(CN4CCCC4=O)CC3)cn(Cc3ccc(F)cc3F)c2cn1. The van der Waals surface area contributed by atoms with Gasteiger partial charge in [0, 0.05) is 68.9 Å². The van der Waals surface area contributed by atoms with E-state index in [4.69, 9.17) is 0 Å². The van der Waals surface area contributed by atoms with Crippen LogP contribution in [0.5, 0.6) is 0 Å². The Morgan fingerprint density at radius 1 is 1.13 bits per heavy atom. The van der Waals surface area contributed by atoms with Gasteiger partial charge in [-0.15, -0.1) is 0 Å². The smallest absolute Gasteiger partial charge is 0.295 e. The summed E-state index contributed by atoms with van der Waals surface area (Å²) < 4.78 is 29.7. The van der Waals surface area contributed by atoms with Gasteiger partial charge in [0.15, 0.2) is 0 Å². The van der Waals surface area contributed by atoms with Crippen LogP contribution in [0.1, 0.15) is 54.2 Å². The molecular formula is C28H33F2N5O4. The number of aliphatic hydroxyl groups is 1. The fraction of sp³-hybridized carbons (Fsp3) is 0.464. The predicted molar refractivity (Wildman–Crippen MR) is 139 cm³/mol. The van der Waals surface area contributed by atoms with Crippen LogP contribution in [0.25, 0.3) is 10.9 Å². The monoisotopic (exact) mass is 541 g/mol. The molecule has 2 aromatic heterocycles. The van der Waals surface area contributed by atoms with E-state index in [0.29, 0.717) is 68.1 Å². The topological polar surface area (TPSA) is 102 Å². The first-order chi connectivity index (χ1) is 18.7. The minimum absolute atomic E-state index is 0.0853. The van der Waals surface area contributed by atoms with Crippen molar-refractivity contribution in [3.05, 3.63) is 65.1 Å². The Morgan fingerprint density at radius 2 is 1.90 bits per heavy atom. The number of halogens is 2. The second-order valence-corrected chi connectivity index (χ2v) is 10.5. The first-order valence-electron chi connectivity index (χ1n) is 13.3. The summed E-state index contributed by atoms with van der Waals surface area (Å²) >= 11 is 0. The number of carbonyl (C=O) groups excluding carboxylic acids is 2. The zero-order chi connectivity index (χ0) is 27.7. The van der Waals surface area contributed by atoms with E-state index in [1.807, 2.05) is 10.8 Å². The van der Waals surface area contributed by atoms with Crippen molar-refractivity contribution in [2.45, 2.75) is 51.3 Å². The lowest BCUT2D eigenvalue weighted by Crippen LogP contribution is -2.51. The van der Waals surface area contributed by atoms with Crippen molar-refractivity contribution in [2.75, 3.05) is 32.7 Å². The van der Waals surface area contributed by atoms with Crippen LogP contribution in [0, 0.1) is 11.6 Å². The number of hydrogen-bond acceptors (Lipinski definition) is 6. The molecule has 208 valence electrons. The summed E-state index contributed by atoms with van der Waals surface area (Å²) in [6.07, 6.45) is 5.83. The first kappa shape index (κ1) is 27.2. The van der Waals surface area contributed by atoms with Crippen LogP contribution in [0.3, 0.4) is 0 Å². The summed E-state index contributed by atoms with van der Waals surface area (Å²) in [5.41, 5.74) is 1.03. The molecule has 0 radical (unpaired) electrons. The molecule has 1 aromatic carbocycles. The Bertz CT molecular complexity index is 1390. The van der Waals surface area contributed by atoms with Crippen LogP contribution >= 0.6 is 0 Å². The molecule has 2 N–H and O–H groups in total. The van der Waals surface area contributed by atoms with Crippen LogP contribution in [0.2, 0.25) is 0 Å². The molecule has 3 aromatic rings. The van der Waals surface area contributed by atoms with E-state index >= 15 is 0 Å². The molecule has 0 saturated carbocycles. The Hall–Kier alpha value is -3.41. The molecule has 2 fully saturated rings. The molecule has 0 spiro atoms. The van der Waals surface area contributed by atoms with Crippen molar-refractivity contribution >= 4 is 22.7 Å². The molecule has 11 heteroatoms. The highest BCUT2D eigenvalue weighted by Crippen LogP contribution is 2.29. The Balaban J connectivity index is 1.39. The van der Waals surface area contributed by atoms with Gasteiger partial charge in [-0.05, 0) is 43.9 Å². The highest BCUT2D eigenvalue weighted by molar-refractivity contribution is 5.96. The zero-order valence-corrected chi connectivity index (χ0v) is 21.9. The van der Waals surface area contributed by atoms with Gasteiger partial charge in [0.25, 0.3) is 5.91 Å². The summed E-state index contributed by atoms with van der Waals surface area (Å²) in [5, 5.41) is 22.4. The minimum atomic E-state index is -0.918. The highest BCUT2D eigenvalue weighted by Gasteiger charge is 2.36. The largest absolute Gasteiger partial charge is 0.388 e. The van der Waals surface area contributed by atoms with E-state index < -0.39 is 23.1 Å². The maximum Gasteiger partial charge on any atom is 0.295 e. The summed E-state index contributed by atoms with van der Waals surface area (Å²) in [6.45, 7) is 4.70. The average molecular weight is 542 g/mol. The molecule has 39 heavy (non-hydrogen) atoms. The second kappa shape index (κ2) is 11.0. The summed E-state index contributed by atoms with van der Waals surface area (Å²) in [6, 6.07) is 5.10. The predicted octanol–water partition coefficient (Wildman–Crippen LogP) is 3.16. The molecule has 2 aliphatic heterocycles. The molecule has 2 saturated heterocycles. The van der Waals surface area contributed by atoms with Gasteiger partial charge >= 0.3 is 0 Å². The number of rotatable bonds is 8. The average Bonchev–Trinajstić information content (AvgIpc) is 3.48. The highest BCUT2D eigenvalue weighted by atomic mass is 19.1. The van der Waals surface area contributed by atoms with Gasteiger partial charge in [-0.1, -0.05) is 6.07 Å². The van der Waals surface area contributed by atoms with Crippen molar-refractivity contribution in [3.63, 3.8) is 0 Å². The normalized spacial score (nSPS) is 17.8. The molecule has 2 amide bonds. The van der Waals surface area contributed by atoms with Gasteiger partial charge in [-0.25, -0.2) is 18.8 Å². The number of likely N-dealkylation sites (tertiary alicyclic amines) is 2. The number of hydrogen-bond donors (Lipinski definition) is 2. The van der Waals surface area contributed by atoms with Crippen LogP contribution in [-0.4, -0.2) is 84.9 Å². The number of carbonyl (C=O) groups is 2. The van der Waals surface area contributed by atoms with Crippen LogP contribution < -0.4 is 0 Å². The Labute approximate surface area is 225 Å². The number of aromatic nitrogens is 2.